The highest BCUT2D eigenvalue weighted by atomic mass is 15.3. The predicted molar refractivity (Wildman–Crippen MR) is 67.4 cm³/mol. The van der Waals surface area contributed by atoms with Crippen molar-refractivity contribution in [2.24, 2.45) is 7.05 Å². The molecule has 4 heteroatoms. The molecule has 2 rings (SSSR count). The third kappa shape index (κ3) is 2.64. The number of aryl methyl sites for hydroxylation is 2. The molecule has 0 fully saturated rings. The third-order valence-electron chi connectivity index (χ3n) is 2.50. The molecule has 0 unspecified atom stereocenters. The molecule has 86 valence electrons. The van der Waals surface area contributed by atoms with Gasteiger partial charge in [0.25, 0.3) is 0 Å². The lowest BCUT2D eigenvalue weighted by atomic mass is 10.1. The standard InChI is InChI=1S/C13H14N4/c1-4-11-6-14-12(5-10(11)2)7-15-13-8-16-17(3)9-13/h1,5-6,8-9,15H,7H2,2-3H3. The molecule has 0 aliphatic rings. The van der Waals surface area contributed by atoms with Gasteiger partial charge in [-0.1, -0.05) is 5.92 Å². The van der Waals surface area contributed by atoms with Crippen LogP contribution in [0.25, 0.3) is 0 Å². The zero-order valence-corrected chi connectivity index (χ0v) is 9.94. The molecule has 2 aromatic rings. The van der Waals surface area contributed by atoms with E-state index in [2.05, 4.69) is 21.3 Å². The molecule has 0 saturated heterocycles. The van der Waals surface area contributed by atoms with E-state index < -0.39 is 0 Å². The van der Waals surface area contributed by atoms with Crippen molar-refractivity contribution >= 4 is 5.69 Å². The van der Waals surface area contributed by atoms with Crippen LogP contribution in [0.1, 0.15) is 16.8 Å². The molecule has 1 N–H and O–H groups in total. The Hall–Kier alpha value is -2.28. The average molecular weight is 226 g/mol. The van der Waals surface area contributed by atoms with Crippen LogP contribution in [0.15, 0.2) is 24.7 Å². The van der Waals surface area contributed by atoms with Gasteiger partial charge in [0.15, 0.2) is 0 Å². The molecule has 0 bridgehead atoms. The SMILES string of the molecule is C#Cc1cnc(CNc2cnn(C)c2)cc1C. The lowest BCUT2D eigenvalue weighted by Crippen LogP contribution is -2.02. The number of hydrogen-bond acceptors (Lipinski definition) is 3. The Morgan fingerprint density at radius 2 is 2.29 bits per heavy atom. The molecule has 0 aromatic carbocycles. The minimum Gasteiger partial charge on any atom is -0.377 e. The van der Waals surface area contributed by atoms with Crippen LogP contribution in [0.5, 0.6) is 0 Å². The first-order valence-electron chi connectivity index (χ1n) is 5.33. The van der Waals surface area contributed by atoms with Crippen LogP contribution in [0.4, 0.5) is 5.69 Å². The summed E-state index contributed by atoms with van der Waals surface area (Å²) in [5, 5.41) is 7.33. The maximum Gasteiger partial charge on any atom is 0.0729 e. The number of hydrogen-bond donors (Lipinski definition) is 1. The highest BCUT2D eigenvalue weighted by Crippen LogP contribution is 2.09. The van der Waals surface area contributed by atoms with Crippen molar-refractivity contribution in [3.8, 4) is 12.3 Å². The Bertz CT molecular complexity index is 563. The van der Waals surface area contributed by atoms with Crippen LogP contribution < -0.4 is 5.32 Å². The number of nitrogens with one attached hydrogen (secondary N) is 1. The number of terminal acetylenes is 1. The van der Waals surface area contributed by atoms with E-state index in [1.807, 2.05) is 26.2 Å². The van der Waals surface area contributed by atoms with E-state index in [0.717, 1.165) is 22.5 Å². The van der Waals surface area contributed by atoms with Crippen LogP contribution in [-0.4, -0.2) is 14.8 Å². The van der Waals surface area contributed by atoms with Crippen LogP contribution >= 0.6 is 0 Å². The molecular formula is C13H14N4. The Morgan fingerprint density at radius 1 is 1.47 bits per heavy atom. The van der Waals surface area contributed by atoms with Crippen LogP contribution in [0, 0.1) is 19.3 Å². The van der Waals surface area contributed by atoms with E-state index in [9.17, 15) is 0 Å². The predicted octanol–water partition coefficient (Wildman–Crippen LogP) is 1.72. The molecule has 2 aromatic heterocycles. The summed E-state index contributed by atoms with van der Waals surface area (Å²) in [5.74, 6) is 2.60. The fourth-order valence-corrected chi connectivity index (χ4v) is 1.57. The monoisotopic (exact) mass is 226 g/mol. The molecular weight excluding hydrogens is 212 g/mol. The van der Waals surface area contributed by atoms with Gasteiger partial charge in [0.05, 0.1) is 24.1 Å². The Kier molecular flexibility index (Phi) is 3.10. The quantitative estimate of drug-likeness (QED) is 0.810. The normalized spacial score (nSPS) is 9.94. The van der Waals surface area contributed by atoms with Crippen molar-refractivity contribution in [2.75, 3.05) is 5.32 Å². The highest BCUT2D eigenvalue weighted by molar-refractivity contribution is 5.41. The summed E-state index contributed by atoms with van der Waals surface area (Å²) in [5.41, 5.74) is 3.86. The van der Waals surface area contributed by atoms with E-state index in [1.54, 1.807) is 17.1 Å². The smallest absolute Gasteiger partial charge is 0.0729 e. The molecule has 4 nitrogen and oxygen atoms in total. The van der Waals surface area contributed by atoms with Crippen molar-refractivity contribution in [3.05, 3.63) is 41.5 Å². The summed E-state index contributed by atoms with van der Waals surface area (Å²) < 4.78 is 1.75. The van der Waals surface area contributed by atoms with Gasteiger partial charge < -0.3 is 5.32 Å². The van der Waals surface area contributed by atoms with Crippen molar-refractivity contribution in [2.45, 2.75) is 13.5 Å². The Labute approximate surface area is 101 Å². The number of pyridine rings is 1. The number of nitrogens with zero attached hydrogens (tertiary/aromatic N) is 3. The molecule has 0 saturated carbocycles. The van der Waals surface area contributed by atoms with Gasteiger partial charge in [-0.2, -0.15) is 5.10 Å². The van der Waals surface area contributed by atoms with E-state index in [1.165, 1.54) is 0 Å². The van der Waals surface area contributed by atoms with Gasteiger partial charge in [0, 0.05) is 25.0 Å². The van der Waals surface area contributed by atoms with Crippen molar-refractivity contribution < 1.29 is 0 Å². The maximum atomic E-state index is 5.35. The Morgan fingerprint density at radius 3 is 2.88 bits per heavy atom. The fourth-order valence-electron chi connectivity index (χ4n) is 1.57. The maximum absolute atomic E-state index is 5.35. The van der Waals surface area contributed by atoms with Gasteiger partial charge in [-0.15, -0.1) is 6.42 Å². The summed E-state index contributed by atoms with van der Waals surface area (Å²) >= 11 is 0. The molecule has 0 atom stereocenters. The molecule has 0 aliphatic heterocycles. The van der Waals surface area contributed by atoms with Crippen molar-refractivity contribution in [1.82, 2.24) is 14.8 Å². The second-order valence-electron chi connectivity index (χ2n) is 3.89. The van der Waals surface area contributed by atoms with Crippen LogP contribution in [-0.2, 0) is 13.6 Å². The number of anilines is 1. The van der Waals surface area contributed by atoms with E-state index >= 15 is 0 Å². The molecule has 2 heterocycles. The highest BCUT2D eigenvalue weighted by Gasteiger charge is 2.00. The van der Waals surface area contributed by atoms with E-state index in [0.29, 0.717) is 6.54 Å². The summed E-state index contributed by atoms with van der Waals surface area (Å²) in [4.78, 5) is 4.30. The molecule has 17 heavy (non-hydrogen) atoms. The number of aromatic nitrogens is 3. The lowest BCUT2D eigenvalue weighted by molar-refractivity contribution is 0.768. The minimum absolute atomic E-state index is 0.664. The summed E-state index contributed by atoms with van der Waals surface area (Å²) in [7, 11) is 1.88. The van der Waals surface area contributed by atoms with E-state index in [-0.39, 0.29) is 0 Å². The van der Waals surface area contributed by atoms with Gasteiger partial charge in [-0.25, -0.2) is 0 Å². The summed E-state index contributed by atoms with van der Waals surface area (Å²) in [6, 6.07) is 2.00. The second-order valence-corrected chi connectivity index (χ2v) is 3.89. The van der Waals surface area contributed by atoms with Gasteiger partial charge in [-0.3, -0.25) is 9.67 Å². The molecule has 0 aliphatic carbocycles. The molecule has 0 amide bonds. The first-order chi connectivity index (χ1) is 8.19. The van der Waals surface area contributed by atoms with Gasteiger partial charge in [-0.05, 0) is 18.6 Å². The fraction of sp³-hybridized carbons (Fsp3) is 0.231. The van der Waals surface area contributed by atoms with Crippen molar-refractivity contribution in [3.63, 3.8) is 0 Å². The first kappa shape index (κ1) is 11.2. The average Bonchev–Trinajstić information content (AvgIpc) is 2.73. The van der Waals surface area contributed by atoms with Gasteiger partial charge in [0.2, 0.25) is 0 Å². The topological polar surface area (TPSA) is 42.7 Å². The zero-order chi connectivity index (χ0) is 12.3. The van der Waals surface area contributed by atoms with Crippen LogP contribution in [0.3, 0.4) is 0 Å². The first-order valence-corrected chi connectivity index (χ1v) is 5.33. The molecule has 0 spiro atoms. The van der Waals surface area contributed by atoms with Crippen LogP contribution in [0.2, 0.25) is 0 Å². The second kappa shape index (κ2) is 4.71. The van der Waals surface area contributed by atoms with Gasteiger partial charge >= 0.3 is 0 Å². The molecule has 0 radical (unpaired) electrons. The Balaban J connectivity index is 2.05. The lowest BCUT2D eigenvalue weighted by Gasteiger charge is -2.05. The summed E-state index contributed by atoms with van der Waals surface area (Å²) in [6.07, 6.45) is 10.8. The zero-order valence-electron chi connectivity index (χ0n) is 9.94. The largest absolute Gasteiger partial charge is 0.377 e. The third-order valence-corrected chi connectivity index (χ3v) is 2.50. The minimum atomic E-state index is 0.664. The van der Waals surface area contributed by atoms with Crippen molar-refractivity contribution in [1.29, 1.82) is 0 Å². The summed E-state index contributed by atoms with van der Waals surface area (Å²) in [6.45, 7) is 2.65. The van der Waals surface area contributed by atoms with Gasteiger partial charge in [0.1, 0.15) is 0 Å². The van der Waals surface area contributed by atoms with E-state index in [4.69, 9.17) is 6.42 Å². The number of rotatable bonds is 3.